The number of aromatic nitrogens is 1. The molecule has 6 heteroatoms. The van der Waals surface area contributed by atoms with Crippen molar-refractivity contribution in [2.24, 2.45) is 11.8 Å². The van der Waals surface area contributed by atoms with Crippen molar-refractivity contribution in [3.05, 3.63) is 18.3 Å². The van der Waals surface area contributed by atoms with Gasteiger partial charge >= 0.3 is 0 Å². The molecule has 0 spiro atoms. The van der Waals surface area contributed by atoms with Crippen molar-refractivity contribution in [2.45, 2.75) is 18.2 Å². The molecule has 2 atom stereocenters. The van der Waals surface area contributed by atoms with Crippen LogP contribution in [-0.2, 0) is 10.0 Å². The average Bonchev–Trinajstić information content (AvgIpc) is 3.04. The van der Waals surface area contributed by atoms with Gasteiger partial charge in [0.1, 0.15) is 5.82 Å². The summed E-state index contributed by atoms with van der Waals surface area (Å²) in [6.45, 7) is 2.75. The summed E-state index contributed by atoms with van der Waals surface area (Å²) in [5, 5.41) is 2.84. The van der Waals surface area contributed by atoms with Gasteiger partial charge in [-0.05, 0) is 24.3 Å². The summed E-state index contributed by atoms with van der Waals surface area (Å²) in [6, 6.07) is 3.09. The molecule has 1 aliphatic carbocycles. The Balaban J connectivity index is 2.18. The number of sulfonamides is 1. The smallest absolute Gasteiger partial charge is 0.243 e. The molecule has 0 bridgehead atoms. The van der Waals surface area contributed by atoms with Crippen molar-refractivity contribution in [3.8, 4) is 0 Å². The zero-order valence-corrected chi connectivity index (χ0v) is 11.7. The second kappa shape index (κ2) is 4.85. The van der Waals surface area contributed by atoms with E-state index in [9.17, 15) is 8.42 Å². The largest absolute Gasteiger partial charge is 0.373 e. The van der Waals surface area contributed by atoms with Gasteiger partial charge < -0.3 is 5.32 Å². The minimum atomic E-state index is -3.40. The van der Waals surface area contributed by atoms with Gasteiger partial charge in [-0.2, -0.15) is 0 Å². The van der Waals surface area contributed by atoms with Crippen molar-refractivity contribution in [1.82, 2.24) is 9.29 Å². The predicted octanol–water partition coefficient (Wildman–Crippen LogP) is 1.40. The van der Waals surface area contributed by atoms with Gasteiger partial charge in [-0.1, -0.05) is 6.92 Å². The van der Waals surface area contributed by atoms with Crippen molar-refractivity contribution >= 4 is 15.8 Å². The maximum atomic E-state index is 12.3. The van der Waals surface area contributed by atoms with Crippen LogP contribution in [0.25, 0.3) is 0 Å². The fourth-order valence-electron chi connectivity index (χ4n) is 1.97. The Hall–Kier alpha value is -1.14. The Bertz CT molecular complexity index is 530. The summed E-state index contributed by atoms with van der Waals surface area (Å²) in [5.74, 6) is 1.72. The van der Waals surface area contributed by atoms with E-state index in [1.807, 2.05) is 0 Å². The lowest BCUT2D eigenvalue weighted by atomic mass is 10.3. The maximum Gasteiger partial charge on any atom is 0.243 e. The highest BCUT2D eigenvalue weighted by molar-refractivity contribution is 7.89. The van der Waals surface area contributed by atoms with Crippen molar-refractivity contribution in [1.29, 1.82) is 0 Å². The molecule has 1 aromatic rings. The van der Waals surface area contributed by atoms with E-state index < -0.39 is 10.0 Å². The number of hydrogen-bond acceptors (Lipinski definition) is 4. The summed E-state index contributed by atoms with van der Waals surface area (Å²) < 4.78 is 26.1. The van der Waals surface area contributed by atoms with Gasteiger partial charge in [-0.15, -0.1) is 0 Å². The molecule has 2 rings (SSSR count). The van der Waals surface area contributed by atoms with Crippen molar-refractivity contribution in [2.75, 3.05) is 26.0 Å². The second-order valence-corrected chi connectivity index (χ2v) is 6.93. The molecule has 0 radical (unpaired) electrons. The van der Waals surface area contributed by atoms with Gasteiger partial charge in [0.15, 0.2) is 0 Å². The molecule has 1 fully saturated rings. The third-order valence-corrected chi connectivity index (χ3v) is 5.28. The Morgan fingerprint density at radius 2 is 2.22 bits per heavy atom. The lowest BCUT2D eigenvalue weighted by molar-refractivity contribution is 0.444. The zero-order chi connectivity index (χ0) is 13.3. The molecule has 1 aliphatic rings. The molecule has 0 amide bonds. The highest BCUT2D eigenvalue weighted by Crippen LogP contribution is 2.38. The SMILES string of the molecule is CNc1cc(S(=O)(=O)N(C)CC2CC2C)ccn1. The van der Waals surface area contributed by atoms with E-state index in [1.54, 1.807) is 20.2 Å². The van der Waals surface area contributed by atoms with Gasteiger partial charge in [0.25, 0.3) is 0 Å². The normalized spacial score (nSPS) is 23.1. The highest BCUT2D eigenvalue weighted by Gasteiger charge is 2.36. The van der Waals surface area contributed by atoms with E-state index in [-0.39, 0.29) is 4.90 Å². The van der Waals surface area contributed by atoms with Gasteiger partial charge in [0.2, 0.25) is 10.0 Å². The molecule has 1 N–H and O–H groups in total. The van der Waals surface area contributed by atoms with Gasteiger partial charge in [0.05, 0.1) is 4.90 Å². The van der Waals surface area contributed by atoms with E-state index >= 15 is 0 Å². The third-order valence-electron chi connectivity index (χ3n) is 3.46. The molecule has 1 heterocycles. The summed E-state index contributed by atoms with van der Waals surface area (Å²) in [6.07, 6.45) is 2.63. The van der Waals surface area contributed by atoms with Crippen LogP contribution < -0.4 is 5.32 Å². The van der Waals surface area contributed by atoms with Gasteiger partial charge in [-0.3, -0.25) is 0 Å². The Kier molecular flexibility index (Phi) is 3.59. The van der Waals surface area contributed by atoms with Crippen molar-refractivity contribution in [3.63, 3.8) is 0 Å². The van der Waals surface area contributed by atoms with Crippen LogP contribution in [0.1, 0.15) is 13.3 Å². The molecule has 0 aliphatic heterocycles. The summed E-state index contributed by atoms with van der Waals surface area (Å²) in [4.78, 5) is 4.31. The lowest BCUT2D eigenvalue weighted by Gasteiger charge is -2.17. The van der Waals surface area contributed by atoms with Crippen LogP contribution in [0, 0.1) is 11.8 Å². The molecule has 1 aromatic heterocycles. The molecular weight excluding hydrogens is 250 g/mol. The van der Waals surface area contributed by atoms with Crippen molar-refractivity contribution < 1.29 is 8.42 Å². The number of pyridine rings is 1. The molecule has 100 valence electrons. The first-order valence-electron chi connectivity index (χ1n) is 6.05. The predicted molar refractivity (Wildman–Crippen MR) is 70.9 cm³/mol. The number of rotatable bonds is 5. The van der Waals surface area contributed by atoms with E-state index in [0.717, 1.165) is 6.42 Å². The average molecular weight is 269 g/mol. The van der Waals surface area contributed by atoms with E-state index in [0.29, 0.717) is 24.2 Å². The minimum absolute atomic E-state index is 0.289. The van der Waals surface area contributed by atoms with Crippen LogP contribution >= 0.6 is 0 Å². The van der Waals surface area contributed by atoms with E-state index in [2.05, 4.69) is 17.2 Å². The van der Waals surface area contributed by atoms with Crippen LogP contribution in [0.2, 0.25) is 0 Å². The van der Waals surface area contributed by atoms with Crippen LogP contribution in [0.15, 0.2) is 23.2 Å². The van der Waals surface area contributed by atoms with E-state index in [4.69, 9.17) is 0 Å². The van der Waals surface area contributed by atoms with Crippen LogP contribution in [0.3, 0.4) is 0 Å². The minimum Gasteiger partial charge on any atom is -0.373 e. The maximum absolute atomic E-state index is 12.3. The molecular formula is C12H19N3O2S. The molecule has 5 nitrogen and oxygen atoms in total. The summed E-state index contributed by atoms with van der Waals surface area (Å²) in [5.41, 5.74) is 0. The second-order valence-electron chi connectivity index (χ2n) is 4.89. The van der Waals surface area contributed by atoms with Crippen LogP contribution in [-0.4, -0.2) is 38.3 Å². The Labute approximate surface area is 108 Å². The monoisotopic (exact) mass is 269 g/mol. The van der Waals surface area contributed by atoms with Crippen LogP contribution in [0.4, 0.5) is 5.82 Å². The first kappa shape index (κ1) is 13.3. The lowest BCUT2D eigenvalue weighted by Crippen LogP contribution is -2.29. The fourth-order valence-corrected chi connectivity index (χ4v) is 3.21. The van der Waals surface area contributed by atoms with Gasteiger partial charge in [-0.25, -0.2) is 17.7 Å². The standard InChI is InChI=1S/C12H19N3O2S/c1-9-6-10(9)8-15(3)18(16,17)11-4-5-14-12(7-11)13-2/h4-5,7,9-10H,6,8H2,1-3H3,(H,13,14). The molecule has 18 heavy (non-hydrogen) atoms. The summed E-state index contributed by atoms with van der Waals surface area (Å²) in [7, 11) is -0.0414. The first-order valence-corrected chi connectivity index (χ1v) is 7.49. The zero-order valence-electron chi connectivity index (χ0n) is 10.9. The molecule has 0 saturated heterocycles. The molecule has 1 saturated carbocycles. The topological polar surface area (TPSA) is 62.3 Å². The Morgan fingerprint density at radius 1 is 1.56 bits per heavy atom. The molecule has 2 unspecified atom stereocenters. The number of anilines is 1. The number of nitrogens with zero attached hydrogens (tertiary/aromatic N) is 2. The quantitative estimate of drug-likeness (QED) is 0.877. The highest BCUT2D eigenvalue weighted by atomic mass is 32.2. The number of hydrogen-bond donors (Lipinski definition) is 1. The molecule has 0 aromatic carbocycles. The number of nitrogens with one attached hydrogen (secondary N) is 1. The van der Waals surface area contributed by atoms with Crippen LogP contribution in [0.5, 0.6) is 0 Å². The van der Waals surface area contributed by atoms with E-state index in [1.165, 1.54) is 16.6 Å². The first-order chi connectivity index (χ1) is 8.45. The summed E-state index contributed by atoms with van der Waals surface area (Å²) >= 11 is 0. The van der Waals surface area contributed by atoms with Gasteiger partial charge in [0, 0.05) is 32.9 Å². The fraction of sp³-hybridized carbons (Fsp3) is 0.583. The third kappa shape index (κ3) is 2.64. The Morgan fingerprint density at radius 3 is 2.78 bits per heavy atom.